The summed E-state index contributed by atoms with van der Waals surface area (Å²) in [5, 5.41) is 11.8. The summed E-state index contributed by atoms with van der Waals surface area (Å²) >= 11 is 0. The van der Waals surface area contributed by atoms with Crippen molar-refractivity contribution in [3.05, 3.63) is 29.6 Å². The number of hydrogen-bond acceptors (Lipinski definition) is 3. The molecule has 1 fully saturated rings. The van der Waals surface area contributed by atoms with Gasteiger partial charge in [-0.2, -0.15) is 0 Å². The summed E-state index contributed by atoms with van der Waals surface area (Å²) in [5.41, 5.74) is 0.351. The SMILES string of the molecule is CCC1CCC(NC(=O)c2ccc(C(=O)O)nc2)C1C. The van der Waals surface area contributed by atoms with Crippen LogP contribution in [0, 0.1) is 11.8 Å². The molecule has 1 saturated carbocycles. The maximum atomic E-state index is 12.1. The zero-order chi connectivity index (χ0) is 14.7. The van der Waals surface area contributed by atoms with E-state index < -0.39 is 5.97 Å². The molecule has 2 rings (SSSR count). The molecule has 2 N–H and O–H groups in total. The van der Waals surface area contributed by atoms with E-state index >= 15 is 0 Å². The van der Waals surface area contributed by atoms with Crippen molar-refractivity contribution in [1.82, 2.24) is 10.3 Å². The first-order chi connectivity index (χ1) is 9.52. The largest absolute Gasteiger partial charge is 0.477 e. The van der Waals surface area contributed by atoms with Crippen molar-refractivity contribution in [2.45, 2.75) is 39.2 Å². The lowest BCUT2D eigenvalue weighted by atomic mass is 9.93. The van der Waals surface area contributed by atoms with Crippen LogP contribution in [0.4, 0.5) is 0 Å². The number of aromatic carboxylic acids is 1. The molecule has 0 aromatic carbocycles. The fourth-order valence-corrected chi connectivity index (χ4v) is 2.93. The number of carbonyl (C=O) groups excluding carboxylic acids is 1. The van der Waals surface area contributed by atoms with Gasteiger partial charge in [-0.15, -0.1) is 0 Å². The summed E-state index contributed by atoms with van der Waals surface area (Å²) in [7, 11) is 0. The van der Waals surface area contributed by atoms with Gasteiger partial charge in [0.05, 0.1) is 5.56 Å². The summed E-state index contributed by atoms with van der Waals surface area (Å²) in [6, 6.07) is 3.05. The summed E-state index contributed by atoms with van der Waals surface area (Å²) in [6.07, 6.45) is 4.61. The van der Waals surface area contributed by atoms with Gasteiger partial charge in [0.2, 0.25) is 0 Å². The Balaban J connectivity index is 2.00. The molecule has 3 unspecified atom stereocenters. The fourth-order valence-electron chi connectivity index (χ4n) is 2.93. The Morgan fingerprint density at radius 3 is 2.65 bits per heavy atom. The van der Waals surface area contributed by atoms with Crippen molar-refractivity contribution in [3.63, 3.8) is 0 Å². The van der Waals surface area contributed by atoms with Gasteiger partial charge in [0.1, 0.15) is 5.69 Å². The average Bonchev–Trinajstić information content (AvgIpc) is 2.79. The highest BCUT2D eigenvalue weighted by Crippen LogP contribution is 2.33. The lowest BCUT2D eigenvalue weighted by Gasteiger charge is -2.20. The van der Waals surface area contributed by atoms with Crippen LogP contribution in [0.5, 0.6) is 0 Å². The molecule has 1 aliphatic rings. The fraction of sp³-hybridized carbons (Fsp3) is 0.533. The van der Waals surface area contributed by atoms with Gasteiger partial charge < -0.3 is 10.4 Å². The molecule has 0 spiro atoms. The minimum Gasteiger partial charge on any atom is -0.477 e. The number of hydrogen-bond donors (Lipinski definition) is 2. The maximum absolute atomic E-state index is 12.1. The van der Waals surface area contributed by atoms with E-state index in [2.05, 4.69) is 24.1 Å². The number of amides is 1. The molecule has 1 heterocycles. The molecule has 0 radical (unpaired) electrons. The lowest BCUT2D eigenvalue weighted by Crippen LogP contribution is -2.37. The van der Waals surface area contributed by atoms with E-state index in [1.165, 1.54) is 18.3 Å². The molecule has 1 amide bonds. The van der Waals surface area contributed by atoms with Gasteiger partial charge in [0.15, 0.2) is 0 Å². The predicted octanol–water partition coefficient (Wildman–Crippen LogP) is 2.33. The number of carboxylic acids is 1. The molecule has 3 atom stereocenters. The second-order valence-corrected chi connectivity index (χ2v) is 5.42. The van der Waals surface area contributed by atoms with Crippen LogP contribution in [0.25, 0.3) is 0 Å². The molecule has 1 aromatic heterocycles. The van der Waals surface area contributed by atoms with Gasteiger partial charge in [-0.25, -0.2) is 9.78 Å². The van der Waals surface area contributed by atoms with E-state index in [-0.39, 0.29) is 17.6 Å². The van der Waals surface area contributed by atoms with E-state index in [1.54, 1.807) is 0 Å². The summed E-state index contributed by atoms with van der Waals surface area (Å²) < 4.78 is 0. The maximum Gasteiger partial charge on any atom is 0.354 e. The molecule has 108 valence electrons. The monoisotopic (exact) mass is 276 g/mol. The van der Waals surface area contributed by atoms with E-state index in [9.17, 15) is 9.59 Å². The molecule has 20 heavy (non-hydrogen) atoms. The van der Waals surface area contributed by atoms with Crippen LogP contribution in [0.1, 0.15) is 54.0 Å². The van der Waals surface area contributed by atoms with E-state index in [1.807, 2.05) is 0 Å². The Morgan fingerprint density at radius 2 is 2.15 bits per heavy atom. The van der Waals surface area contributed by atoms with Crippen LogP contribution in [0.3, 0.4) is 0 Å². The van der Waals surface area contributed by atoms with E-state index in [4.69, 9.17) is 5.11 Å². The first kappa shape index (κ1) is 14.5. The average molecular weight is 276 g/mol. The third-order valence-corrected chi connectivity index (χ3v) is 4.31. The minimum absolute atomic E-state index is 0.0539. The summed E-state index contributed by atoms with van der Waals surface area (Å²) in [4.78, 5) is 26.6. The van der Waals surface area contributed by atoms with E-state index in [0.29, 0.717) is 17.4 Å². The first-order valence-electron chi connectivity index (χ1n) is 7.03. The molecule has 0 bridgehead atoms. The lowest BCUT2D eigenvalue weighted by molar-refractivity contribution is 0.0689. The number of rotatable bonds is 4. The third kappa shape index (κ3) is 2.98. The van der Waals surface area contributed by atoms with Crippen LogP contribution in [-0.2, 0) is 0 Å². The molecule has 0 aliphatic heterocycles. The number of aromatic nitrogens is 1. The summed E-state index contributed by atoms with van der Waals surface area (Å²) in [5.74, 6) is -0.113. The summed E-state index contributed by atoms with van der Waals surface area (Å²) in [6.45, 7) is 4.36. The standard InChI is InChI=1S/C15H20N2O3/c1-3-10-4-6-12(9(10)2)17-14(18)11-5-7-13(15(19)20)16-8-11/h5,7-10,12H,3-4,6H2,1-2H3,(H,17,18)(H,19,20). The molecule has 5 heteroatoms. The smallest absolute Gasteiger partial charge is 0.354 e. The Bertz CT molecular complexity index is 498. The molecule has 1 aliphatic carbocycles. The van der Waals surface area contributed by atoms with Gasteiger partial charge in [0.25, 0.3) is 5.91 Å². The predicted molar refractivity (Wildman–Crippen MR) is 74.6 cm³/mol. The normalized spacial score (nSPS) is 25.4. The van der Waals surface area contributed by atoms with Crippen LogP contribution in [0.15, 0.2) is 18.3 Å². The molecule has 5 nitrogen and oxygen atoms in total. The van der Waals surface area contributed by atoms with Gasteiger partial charge in [-0.05, 0) is 36.8 Å². The Hall–Kier alpha value is -1.91. The Morgan fingerprint density at radius 1 is 1.40 bits per heavy atom. The van der Waals surface area contributed by atoms with Crippen molar-refractivity contribution in [3.8, 4) is 0 Å². The van der Waals surface area contributed by atoms with Gasteiger partial charge in [-0.3, -0.25) is 4.79 Å². The van der Waals surface area contributed by atoms with Crippen LogP contribution >= 0.6 is 0 Å². The quantitative estimate of drug-likeness (QED) is 0.884. The van der Waals surface area contributed by atoms with Crippen molar-refractivity contribution < 1.29 is 14.7 Å². The van der Waals surface area contributed by atoms with Gasteiger partial charge >= 0.3 is 5.97 Å². The number of carboxylic acid groups (broad SMARTS) is 1. The van der Waals surface area contributed by atoms with Gasteiger partial charge in [0, 0.05) is 12.2 Å². The molecular weight excluding hydrogens is 256 g/mol. The van der Waals surface area contributed by atoms with Crippen LogP contribution in [-0.4, -0.2) is 28.0 Å². The van der Waals surface area contributed by atoms with Gasteiger partial charge in [-0.1, -0.05) is 20.3 Å². The van der Waals surface area contributed by atoms with Crippen molar-refractivity contribution in [2.75, 3.05) is 0 Å². The number of nitrogens with zero attached hydrogens (tertiary/aromatic N) is 1. The number of pyridine rings is 1. The van der Waals surface area contributed by atoms with Crippen molar-refractivity contribution in [1.29, 1.82) is 0 Å². The first-order valence-corrected chi connectivity index (χ1v) is 7.03. The van der Waals surface area contributed by atoms with Crippen molar-refractivity contribution >= 4 is 11.9 Å². The number of nitrogens with one attached hydrogen (secondary N) is 1. The zero-order valence-corrected chi connectivity index (χ0v) is 11.8. The highest BCUT2D eigenvalue weighted by Gasteiger charge is 2.32. The second kappa shape index (κ2) is 6.03. The highest BCUT2D eigenvalue weighted by atomic mass is 16.4. The molecule has 0 saturated heterocycles. The topological polar surface area (TPSA) is 79.3 Å². The molecule has 1 aromatic rings. The zero-order valence-electron chi connectivity index (χ0n) is 11.8. The minimum atomic E-state index is -1.09. The Labute approximate surface area is 118 Å². The Kier molecular flexibility index (Phi) is 4.37. The second-order valence-electron chi connectivity index (χ2n) is 5.42. The van der Waals surface area contributed by atoms with Crippen LogP contribution < -0.4 is 5.32 Å². The molecular formula is C15H20N2O3. The number of carbonyl (C=O) groups is 2. The highest BCUT2D eigenvalue weighted by molar-refractivity contribution is 5.95. The van der Waals surface area contributed by atoms with Crippen LogP contribution in [0.2, 0.25) is 0 Å². The van der Waals surface area contributed by atoms with Crippen molar-refractivity contribution in [2.24, 2.45) is 11.8 Å². The third-order valence-electron chi connectivity index (χ3n) is 4.31. The van der Waals surface area contributed by atoms with E-state index in [0.717, 1.165) is 19.3 Å².